The molecule has 1 fully saturated rings. The second-order valence-electron chi connectivity index (χ2n) is 9.34. The minimum atomic E-state index is -1.18. The molecular formula is C27H29F2N3O5. The van der Waals surface area contributed by atoms with E-state index in [-0.39, 0.29) is 37.5 Å². The fourth-order valence-corrected chi connectivity index (χ4v) is 4.36. The Balaban J connectivity index is 1.60. The van der Waals surface area contributed by atoms with E-state index in [1.807, 2.05) is 4.57 Å². The zero-order valence-electron chi connectivity index (χ0n) is 20.1. The van der Waals surface area contributed by atoms with Gasteiger partial charge in [-0.1, -0.05) is 12.1 Å². The zero-order chi connectivity index (χ0) is 26.5. The lowest BCUT2D eigenvalue weighted by Gasteiger charge is -2.17. The summed E-state index contributed by atoms with van der Waals surface area (Å²) in [6.45, 7) is 0.364. The van der Waals surface area contributed by atoms with Crippen LogP contribution in [0.5, 0.6) is 0 Å². The van der Waals surface area contributed by atoms with Crippen LogP contribution in [0.1, 0.15) is 59.8 Å². The Morgan fingerprint density at radius 1 is 1.05 bits per heavy atom. The van der Waals surface area contributed by atoms with Crippen molar-refractivity contribution < 1.29 is 33.7 Å². The monoisotopic (exact) mass is 513 g/mol. The molecule has 1 aliphatic rings. The van der Waals surface area contributed by atoms with Gasteiger partial charge in [0.25, 0.3) is 5.91 Å². The lowest BCUT2D eigenvalue weighted by atomic mass is 10.1. The average Bonchev–Trinajstić information content (AvgIpc) is 3.61. The van der Waals surface area contributed by atoms with E-state index in [4.69, 9.17) is 5.11 Å². The van der Waals surface area contributed by atoms with E-state index < -0.39 is 42.1 Å². The molecule has 10 heteroatoms. The first-order valence-corrected chi connectivity index (χ1v) is 12.2. The maximum absolute atomic E-state index is 13.6. The lowest BCUT2D eigenvalue weighted by molar-refractivity contribution is -0.139. The first kappa shape index (κ1) is 26.4. The van der Waals surface area contributed by atoms with Crippen molar-refractivity contribution in [1.29, 1.82) is 0 Å². The van der Waals surface area contributed by atoms with Crippen LogP contribution in [-0.2, 0) is 17.9 Å². The number of imidazole rings is 1. The minimum absolute atomic E-state index is 0.0892. The smallest absolute Gasteiger partial charge is 0.305 e. The maximum Gasteiger partial charge on any atom is 0.305 e. The number of hydrogen-bond acceptors (Lipinski definition) is 5. The molecule has 2 atom stereocenters. The highest BCUT2D eigenvalue weighted by molar-refractivity contribution is 5.94. The van der Waals surface area contributed by atoms with Gasteiger partial charge >= 0.3 is 5.97 Å². The summed E-state index contributed by atoms with van der Waals surface area (Å²) in [4.78, 5) is 28.7. The Bertz CT molecular complexity index is 1260. The van der Waals surface area contributed by atoms with Crippen LogP contribution in [0, 0.1) is 11.6 Å². The number of amides is 1. The normalized spacial score (nSPS) is 14.8. The van der Waals surface area contributed by atoms with Crippen LogP contribution >= 0.6 is 0 Å². The van der Waals surface area contributed by atoms with Crippen molar-refractivity contribution in [2.75, 3.05) is 0 Å². The van der Waals surface area contributed by atoms with E-state index >= 15 is 0 Å². The number of aliphatic hydroxyl groups excluding tert-OH is 2. The molecule has 37 heavy (non-hydrogen) atoms. The number of benzene rings is 2. The summed E-state index contributed by atoms with van der Waals surface area (Å²) >= 11 is 0. The Kier molecular flexibility index (Phi) is 8.30. The number of aromatic nitrogens is 2. The highest BCUT2D eigenvalue weighted by Crippen LogP contribution is 2.43. The van der Waals surface area contributed by atoms with Gasteiger partial charge in [0.2, 0.25) is 0 Å². The number of nitrogens with zero attached hydrogens (tertiary/aromatic N) is 2. The fraction of sp³-hybridized carbons (Fsp3) is 0.370. The summed E-state index contributed by atoms with van der Waals surface area (Å²) in [5, 5.41) is 31.9. The number of hydrogen-bond donors (Lipinski definition) is 4. The third-order valence-electron chi connectivity index (χ3n) is 6.27. The van der Waals surface area contributed by atoms with Gasteiger partial charge < -0.3 is 25.2 Å². The molecule has 1 heterocycles. The van der Waals surface area contributed by atoms with Crippen LogP contribution in [0.2, 0.25) is 0 Å². The van der Waals surface area contributed by atoms with Crippen molar-refractivity contribution in [3.05, 3.63) is 77.1 Å². The average molecular weight is 514 g/mol. The van der Waals surface area contributed by atoms with Crippen LogP contribution in [-0.4, -0.2) is 49.0 Å². The van der Waals surface area contributed by atoms with Crippen molar-refractivity contribution in [2.45, 2.75) is 63.3 Å². The SMILES string of the molecule is O=C(O)CC(O)CC(O)CCn1c(-c2ccc(F)cc2)nc(C(=O)NCc2cccc(F)c2)c1C1CC1. The predicted octanol–water partition coefficient (Wildman–Crippen LogP) is 3.61. The number of carbonyl (C=O) groups is 2. The van der Waals surface area contributed by atoms with E-state index in [9.17, 15) is 28.6 Å². The zero-order valence-corrected chi connectivity index (χ0v) is 20.1. The van der Waals surface area contributed by atoms with Gasteiger partial charge in [-0.25, -0.2) is 13.8 Å². The predicted molar refractivity (Wildman–Crippen MR) is 131 cm³/mol. The summed E-state index contributed by atoms with van der Waals surface area (Å²) < 4.78 is 29.0. The van der Waals surface area contributed by atoms with Gasteiger partial charge in [0.05, 0.1) is 24.3 Å². The first-order valence-electron chi connectivity index (χ1n) is 12.2. The summed E-state index contributed by atoms with van der Waals surface area (Å²) in [6, 6.07) is 11.6. The molecule has 4 rings (SSSR count). The topological polar surface area (TPSA) is 125 Å². The summed E-state index contributed by atoms with van der Waals surface area (Å²) in [5.41, 5.74) is 2.11. The van der Waals surface area contributed by atoms with Crippen molar-refractivity contribution >= 4 is 11.9 Å². The van der Waals surface area contributed by atoms with Gasteiger partial charge in [0.1, 0.15) is 23.2 Å². The molecule has 0 aliphatic heterocycles. The quantitative estimate of drug-likeness (QED) is 0.293. The molecule has 1 saturated carbocycles. The number of carboxylic acid groups (broad SMARTS) is 1. The maximum atomic E-state index is 13.6. The largest absolute Gasteiger partial charge is 0.481 e. The van der Waals surface area contributed by atoms with E-state index in [1.54, 1.807) is 24.3 Å². The molecule has 0 bridgehead atoms. The van der Waals surface area contributed by atoms with E-state index in [1.165, 1.54) is 24.3 Å². The molecule has 2 aromatic carbocycles. The molecule has 1 amide bonds. The van der Waals surface area contributed by atoms with Crippen LogP contribution in [0.4, 0.5) is 8.78 Å². The third-order valence-corrected chi connectivity index (χ3v) is 6.27. The number of aliphatic carboxylic acids is 1. The molecular weight excluding hydrogens is 484 g/mol. The highest BCUT2D eigenvalue weighted by atomic mass is 19.1. The van der Waals surface area contributed by atoms with Crippen LogP contribution in [0.25, 0.3) is 11.4 Å². The molecule has 3 aromatic rings. The van der Waals surface area contributed by atoms with Gasteiger partial charge in [-0.15, -0.1) is 0 Å². The van der Waals surface area contributed by atoms with Gasteiger partial charge in [-0.3, -0.25) is 9.59 Å². The van der Waals surface area contributed by atoms with Crippen LogP contribution < -0.4 is 5.32 Å². The lowest BCUT2D eigenvalue weighted by Crippen LogP contribution is -2.25. The molecule has 0 spiro atoms. The number of rotatable bonds is 12. The summed E-state index contributed by atoms with van der Waals surface area (Å²) in [5.74, 6) is -1.87. The number of carbonyl (C=O) groups excluding carboxylic acids is 1. The second kappa shape index (κ2) is 11.6. The molecule has 0 radical (unpaired) electrons. The van der Waals surface area contributed by atoms with Crippen molar-refractivity contribution in [2.24, 2.45) is 0 Å². The number of nitrogens with one attached hydrogen (secondary N) is 1. The van der Waals surface area contributed by atoms with Gasteiger partial charge in [0.15, 0.2) is 0 Å². The molecule has 4 N–H and O–H groups in total. The van der Waals surface area contributed by atoms with Crippen molar-refractivity contribution in [3.63, 3.8) is 0 Å². The van der Waals surface area contributed by atoms with E-state index in [0.717, 1.165) is 12.8 Å². The van der Waals surface area contributed by atoms with Gasteiger partial charge in [0, 0.05) is 24.6 Å². The Morgan fingerprint density at radius 2 is 1.78 bits per heavy atom. The summed E-state index contributed by atoms with van der Waals surface area (Å²) in [7, 11) is 0. The fourth-order valence-electron chi connectivity index (χ4n) is 4.36. The van der Waals surface area contributed by atoms with Crippen molar-refractivity contribution in [1.82, 2.24) is 14.9 Å². The Morgan fingerprint density at radius 3 is 2.43 bits per heavy atom. The standard InChI is InChI=1S/C27H29F2N3O5/c28-19-8-6-18(7-9-19)26-31-24(27(37)30-15-16-2-1-3-20(29)12-16)25(17-4-5-17)32(26)11-10-21(33)13-22(34)14-23(35)36/h1-3,6-9,12,17,21-22,33-34H,4-5,10-11,13-15H2,(H,30,37)(H,35,36). The minimum Gasteiger partial charge on any atom is -0.481 e. The van der Waals surface area contributed by atoms with E-state index in [2.05, 4.69) is 10.3 Å². The van der Waals surface area contributed by atoms with Gasteiger partial charge in [-0.2, -0.15) is 0 Å². The third kappa shape index (κ3) is 6.99. The molecule has 2 unspecified atom stereocenters. The van der Waals surface area contributed by atoms with Crippen LogP contribution in [0.3, 0.4) is 0 Å². The Hall–Kier alpha value is -3.63. The van der Waals surface area contributed by atoms with E-state index in [0.29, 0.717) is 22.6 Å². The number of aliphatic hydroxyl groups is 2. The molecule has 8 nitrogen and oxygen atoms in total. The molecule has 0 saturated heterocycles. The molecule has 1 aromatic heterocycles. The number of halogens is 2. The molecule has 1 aliphatic carbocycles. The molecule has 196 valence electrons. The van der Waals surface area contributed by atoms with Gasteiger partial charge in [-0.05, 0) is 67.6 Å². The highest BCUT2D eigenvalue weighted by Gasteiger charge is 2.35. The van der Waals surface area contributed by atoms with Crippen molar-refractivity contribution in [3.8, 4) is 11.4 Å². The first-order chi connectivity index (χ1) is 17.7. The summed E-state index contributed by atoms with van der Waals surface area (Å²) in [6.07, 6.45) is -0.824. The second-order valence-corrected chi connectivity index (χ2v) is 9.34. The van der Waals surface area contributed by atoms with Crippen LogP contribution in [0.15, 0.2) is 48.5 Å². The number of carboxylic acids is 1. The Labute approximate surface area is 212 Å².